The Kier molecular flexibility index (Phi) is 8.03. The van der Waals surface area contributed by atoms with E-state index in [1.54, 1.807) is 11.8 Å². The number of rotatable bonds is 5. The minimum absolute atomic E-state index is 0.328. The van der Waals surface area contributed by atoms with Crippen molar-refractivity contribution in [2.75, 3.05) is 12.4 Å². The Morgan fingerprint density at radius 2 is 1.96 bits per heavy atom. The van der Waals surface area contributed by atoms with Crippen molar-refractivity contribution in [1.29, 1.82) is 0 Å². The number of nitrogens with one attached hydrogen (secondary N) is 1. The maximum atomic E-state index is 11.7. The molecule has 0 fully saturated rings. The Balaban J connectivity index is 2.81. The molecule has 1 aromatic rings. The lowest BCUT2D eigenvalue weighted by Crippen LogP contribution is -2.32. The highest BCUT2D eigenvalue weighted by Gasteiger charge is 2.16. The quantitative estimate of drug-likeness (QED) is 0.411. The van der Waals surface area contributed by atoms with Gasteiger partial charge in [-0.15, -0.1) is 11.8 Å². The number of hydrogen-bond donors (Lipinski definition) is 1. The van der Waals surface area contributed by atoms with Crippen molar-refractivity contribution in [1.82, 2.24) is 5.32 Å². The van der Waals surface area contributed by atoms with Crippen molar-refractivity contribution in [3.8, 4) is 0 Å². The molecule has 0 atom stereocenters. The molecule has 0 spiro atoms. The van der Waals surface area contributed by atoms with Crippen LogP contribution in [0.15, 0.2) is 23.2 Å². The Morgan fingerprint density at radius 3 is 2.44 bits per heavy atom. The van der Waals surface area contributed by atoms with Crippen LogP contribution in [0.4, 0.5) is 4.79 Å². The smallest absolute Gasteiger partial charge is 0.407 e. The molecule has 1 amide bonds. The van der Waals surface area contributed by atoms with E-state index in [1.165, 1.54) is 0 Å². The first-order chi connectivity index (χ1) is 11.4. The van der Waals surface area contributed by atoms with Crippen LogP contribution >= 0.6 is 23.4 Å². The van der Waals surface area contributed by atoms with Gasteiger partial charge in [0, 0.05) is 23.3 Å². The lowest BCUT2D eigenvalue weighted by Gasteiger charge is -2.20. The number of carbonyl (C=O) groups excluding carboxylic acids is 1. The number of halogens is 1. The fourth-order valence-corrected chi connectivity index (χ4v) is 3.44. The molecule has 0 aliphatic heterocycles. The van der Waals surface area contributed by atoms with Crippen LogP contribution in [0.25, 0.3) is 0 Å². The van der Waals surface area contributed by atoms with Crippen LogP contribution in [0, 0.1) is 0 Å². The molecule has 0 bridgehead atoms. The molecule has 4 nitrogen and oxygen atoms in total. The standard InChI is InChI=1S/C18H29ClN2O2SSi/c1-18(2,3)23-17(22)20-11-14-9-8-13(10-15(14)19)16(24-4)21-12-25(5,6)7/h8-10H,11-12H2,1-7H3,(H,20,22)/b21-16-. The maximum absolute atomic E-state index is 11.7. The molecular formula is C18H29ClN2O2SSi. The minimum Gasteiger partial charge on any atom is -0.444 e. The van der Waals surface area contributed by atoms with Gasteiger partial charge in [0.25, 0.3) is 0 Å². The molecule has 0 aliphatic rings. The number of aliphatic imine (C=N–C) groups is 1. The van der Waals surface area contributed by atoms with Crippen LogP contribution in [-0.2, 0) is 11.3 Å². The van der Waals surface area contributed by atoms with Crippen LogP contribution in [0.3, 0.4) is 0 Å². The molecular weight excluding hydrogens is 372 g/mol. The summed E-state index contributed by atoms with van der Waals surface area (Å²) in [5.74, 6) is 0. The average Bonchev–Trinajstić information content (AvgIpc) is 2.44. The summed E-state index contributed by atoms with van der Waals surface area (Å²) in [4.78, 5) is 16.5. The third-order valence-corrected chi connectivity index (χ3v) is 5.22. The van der Waals surface area contributed by atoms with E-state index < -0.39 is 19.8 Å². The maximum Gasteiger partial charge on any atom is 0.407 e. The fourth-order valence-electron chi connectivity index (χ4n) is 1.89. The van der Waals surface area contributed by atoms with Crippen LogP contribution < -0.4 is 5.32 Å². The molecule has 0 unspecified atom stereocenters. The largest absolute Gasteiger partial charge is 0.444 e. The Labute approximate surface area is 161 Å². The van der Waals surface area contributed by atoms with Crippen molar-refractivity contribution in [3.05, 3.63) is 34.3 Å². The van der Waals surface area contributed by atoms with Gasteiger partial charge >= 0.3 is 6.09 Å². The van der Waals surface area contributed by atoms with Crippen molar-refractivity contribution >= 4 is 42.6 Å². The van der Waals surface area contributed by atoms with E-state index in [0.717, 1.165) is 22.3 Å². The van der Waals surface area contributed by atoms with Crippen LogP contribution in [0.1, 0.15) is 31.9 Å². The Morgan fingerprint density at radius 1 is 1.32 bits per heavy atom. The van der Waals surface area contributed by atoms with Gasteiger partial charge in [0.15, 0.2) is 0 Å². The molecule has 1 aromatic carbocycles. The summed E-state index contributed by atoms with van der Waals surface area (Å²) < 4.78 is 5.23. The number of hydrogen-bond acceptors (Lipinski definition) is 4. The first-order valence-electron chi connectivity index (χ1n) is 8.25. The molecule has 7 heteroatoms. The second kappa shape index (κ2) is 9.10. The van der Waals surface area contributed by atoms with E-state index in [9.17, 15) is 4.79 Å². The molecule has 1 N–H and O–H groups in total. The van der Waals surface area contributed by atoms with Crippen molar-refractivity contribution in [2.45, 2.75) is 52.6 Å². The molecule has 0 aliphatic carbocycles. The third kappa shape index (κ3) is 8.79. The molecule has 140 valence electrons. The van der Waals surface area contributed by atoms with Gasteiger partial charge in [-0.2, -0.15) is 0 Å². The van der Waals surface area contributed by atoms with Gasteiger partial charge in [0.05, 0.1) is 13.1 Å². The molecule has 0 saturated heterocycles. The lowest BCUT2D eigenvalue weighted by molar-refractivity contribution is 0.0523. The zero-order valence-electron chi connectivity index (χ0n) is 16.2. The van der Waals surface area contributed by atoms with Gasteiger partial charge in [-0.1, -0.05) is 43.4 Å². The number of benzene rings is 1. The number of thioether (sulfide) groups is 1. The molecule has 0 radical (unpaired) electrons. The summed E-state index contributed by atoms with van der Waals surface area (Å²) in [6.45, 7) is 12.7. The summed E-state index contributed by atoms with van der Waals surface area (Å²) in [5.41, 5.74) is 1.34. The second-order valence-corrected chi connectivity index (χ2v) is 14.7. The van der Waals surface area contributed by atoms with Gasteiger partial charge < -0.3 is 10.1 Å². The summed E-state index contributed by atoms with van der Waals surface area (Å²) in [6.07, 6.45) is 2.46. The Hall–Kier alpha value is -0.983. The molecule has 25 heavy (non-hydrogen) atoms. The van der Waals surface area contributed by atoms with Crippen LogP contribution in [0.2, 0.25) is 24.7 Å². The van der Waals surface area contributed by atoms with Crippen LogP contribution in [0.5, 0.6) is 0 Å². The lowest BCUT2D eigenvalue weighted by atomic mass is 10.1. The first kappa shape index (κ1) is 22.1. The van der Waals surface area contributed by atoms with Crippen molar-refractivity contribution < 1.29 is 9.53 Å². The van der Waals surface area contributed by atoms with Gasteiger partial charge in [-0.25, -0.2) is 4.79 Å². The van der Waals surface area contributed by atoms with Gasteiger partial charge in [-0.05, 0) is 38.7 Å². The minimum atomic E-state index is -1.23. The highest BCUT2D eigenvalue weighted by atomic mass is 35.5. The van der Waals surface area contributed by atoms with E-state index in [0.29, 0.717) is 11.6 Å². The van der Waals surface area contributed by atoms with Crippen LogP contribution in [-0.4, -0.2) is 37.2 Å². The zero-order chi connectivity index (χ0) is 19.3. The highest BCUT2D eigenvalue weighted by Crippen LogP contribution is 2.21. The summed E-state index contributed by atoms with van der Waals surface area (Å²) in [7, 11) is -1.23. The normalized spacial score (nSPS) is 12.9. The van der Waals surface area contributed by atoms with E-state index in [2.05, 4.69) is 25.0 Å². The van der Waals surface area contributed by atoms with E-state index >= 15 is 0 Å². The SMILES string of the molecule is CS/C(=N\C[Si](C)(C)C)c1ccc(CNC(=O)OC(C)(C)C)c(Cl)c1. The monoisotopic (exact) mass is 400 g/mol. The zero-order valence-corrected chi connectivity index (χ0v) is 18.8. The van der Waals surface area contributed by atoms with Gasteiger partial charge in [-0.3, -0.25) is 4.99 Å². The molecule has 0 saturated carbocycles. The number of nitrogens with zero attached hydrogens (tertiary/aromatic N) is 1. The topological polar surface area (TPSA) is 50.7 Å². The van der Waals surface area contributed by atoms with E-state index in [-0.39, 0.29) is 0 Å². The third-order valence-electron chi connectivity index (χ3n) is 3.01. The second-order valence-electron chi connectivity index (χ2n) is 8.05. The fraction of sp³-hybridized carbons (Fsp3) is 0.556. The molecule has 0 aromatic heterocycles. The molecule has 1 rings (SSSR count). The summed E-state index contributed by atoms with van der Waals surface area (Å²) in [6, 6.07) is 5.83. The molecule has 0 heterocycles. The number of ether oxygens (including phenoxy) is 1. The van der Waals surface area contributed by atoms with Gasteiger partial charge in [0.1, 0.15) is 5.60 Å². The predicted octanol–water partition coefficient (Wildman–Crippen LogP) is 5.35. The number of carbonyl (C=O) groups is 1. The Bertz CT molecular complexity index is 637. The van der Waals surface area contributed by atoms with E-state index in [1.807, 2.05) is 45.2 Å². The number of alkyl carbamates (subject to hydrolysis) is 1. The average molecular weight is 401 g/mol. The summed E-state index contributed by atoms with van der Waals surface area (Å²) in [5, 5.41) is 4.34. The first-order valence-corrected chi connectivity index (χ1v) is 13.6. The summed E-state index contributed by atoms with van der Waals surface area (Å²) >= 11 is 8.02. The predicted molar refractivity (Wildman–Crippen MR) is 113 cm³/mol. The van der Waals surface area contributed by atoms with Crippen molar-refractivity contribution in [3.63, 3.8) is 0 Å². The highest BCUT2D eigenvalue weighted by molar-refractivity contribution is 8.13. The van der Waals surface area contributed by atoms with Gasteiger partial charge in [0.2, 0.25) is 0 Å². The van der Waals surface area contributed by atoms with E-state index in [4.69, 9.17) is 21.3 Å². The number of amides is 1. The van der Waals surface area contributed by atoms with Crippen molar-refractivity contribution in [2.24, 2.45) is 4.99 Å².